The summed E-state index contributed by atoms with van der Waals surface area (Å²) >= 11 is 0. The summed E-state index contributed by atoms with van der Waals surface area (Å²) in [6, 6.07) is 7.18. The number of rotatable bonds is 5. The summed E-state index contributed by atoms with van der Waals surface area (Å²) in [4.78, 5) is 11.4. The van der Waals surface area contributed by atoms with E-state index >= 15 is 0 Å². The van der Waals surface area contributed by atoms with Crippen LogP contribution in [0.15, 0.2) is 36.7 Å². The first-order valence-electron chi connectivity index (χ1n) is 10.2. The Bertz CT molecular complexity index is 1010. The number of fused-ring (bicyclic) bond motifs is 1. The van der Waals surface area contributed by atoms with E-state index in [0.29, 0.717) is 29.8 Å². The number of tetrazole rings is 1. The van der Waals surface area contributed by atoms with Gasteiger partial charge in [-0.15, -0.1) is 10.2 Å². The molecule has 2 unspecified atom stereocenters. The average molecular weight is 409 g/mol. The van der Waals surface area contributed by atoms with Crippen LogP contribution in [0.1, 0.15) is 25.7 Å². The van der Waals surface area contributed by atoms with Gasteiger partial charge in [-0.1, -0.05) is 0 Å². The van der Waals surface area contributed by atoms with Crippen molar-refractivity contribution in [1.82, 2.24) is 35.7 Å². The van der Waals surface area contributed by atoms with Crippen LogP contribution < -0.4 is 10.1 Å². The third-order valence-corrected chi connectivity index (χ3v) is 6.17. The van der Waals surface area contributed by atoms with Crippen molar-refractivity contribution in [2.75, 3.05) is 6.54 Å². The Morgan fingerprint density at radius 1 is 1.23 bits per heavy atom. The molecule has 2 aromatic heterocycles. The number of aromatic amines is 1. The van der Waals surface area contributed by atoms with Crippen molar-refractivity contribution < 1.29 is 14.6 Å². The van der Waals surface area contributed by atoms with Gasteiger partial charge in [-0.25, -0.2) is 4.68 Å². The lowest BCUT2D eigenvalue weighted by atomic mass is 9.72. The monoisotopic (exact) mass is 409 g/mol. The molecule has 30 heavy (non-hydrogen) atoms. The molecule has 3 heterocycles. The fourth-order valence-electron chi connectivity index (χ4n) is 4.63. The lowest BCUT2D eigenvalue weighted by Crippen LogP contribution is -2.50. The van der Waals surface area contributed by atoms with Gasteiger partial charge in [0.05, 0.1) is 17.4 Å². The molecular formula is C20H23N7O3. The number of aliphatic carboxylic acids is 1. The molecule has 1 aliphatic heterocycles. The van der Waals surface area contributed by atoms with Crippen LogP contribution in [0.4, 0.5) is 0 Å². The highest BCUT2D eigenvalue weighted by Gasteiger charge is 2.38. The van der Waals surface area contributed by atoms with Crippen molar-refractivity contribution in [3.8, 4) is 22.8 Å². The maximum Gasteiger partial charge on any atom is 0.320 e. The molecule has 0 amide bonds. The van der Waals surface area contributed by atoms with E-state index in [4.69, 9.17) is 4.74 Å². The normalized spacial score (nSPS) is 26.1. The first-order valence-corrected chi connectivity index (χ1v) is 10.2. The second-order valence-corrected chi connectivity index (χ2v) is 7.97. The van der Waals surface area contributed by atoms with Crippen LogP contribution in [0.25, 0.3) is 17.1 Å². The summed E-state index contributed by atoms with van der Waals surface area (Å²) in [7, 11) is 0. The van der Waals surface area contributed by atoms with Gasteiger partial charge >= 0.3 is 5.97 Å². The van der Waals surface area contributed by atoms with E-state index in [-0.39, 0.29) is 6.10 Å². The molecule has 10 heteroatoms. The predicted octanol–water partition coefficient (Wildman–Crippen LogP) is 1.66. The van der Waals surface area contributed by atoms with Crippen LogP contribution >= 0.6 is 0 Å². The fraction of sp³-hybridized carbons (Fsp3) is 0.450. The van der Waals surface area contributed by atoms with Gasteiger partial charge in [-0.3, -0.25) is 4.79 Å². The van der Waals surface area contributed by atoms with Gasteiger partial charge < -0.3 is 15.2 Å². The van der Waals surface area contributed by atoms with E-state index in [0.717, 1.165) is 37.1 Å². The van der Waals surface area contributed by atoms with Crippen LogP contribution in [-0.4, -0.2) is 60.2 Å². The molecule has 0 spiro atoms. The van der Waals surface area contributed by atoms with E-state index < -0.39 is 12.0 Å². The number of carboxylic acid groups (broad SMARTS) is 1. The van der Waals surface area contributed by atoms with Crippen LogP contribution in [0.2, 0.25) is 0 Å². The van der Waals surface area contributed by atoms with E-state index in [2.05, 4.69) is 31.0 Å². The number of hydrogen-bond acceptors (Lipinski definition) is 7. The Morgan fingerprint density at radius 2 is 2.17 bits per heavy atom. The first-order chi connectivity index (χ1) is 14.7. The van der Waals surface area contributed by atoms with Gasteiger partial charge in [0.1, 0.15) is 11.8 Å². The third kappa shape index (κ3) is 3.65. The summed E-state index contributed by atoms with van der Waals surface area (Å²) in [6.45, 7) is 0.761. The van der Waals surface area contributed by atoms with Crippen molar-refractivity contribution in [2.45, 2.75) is 37.8 Å². The second kappa shape index (κ2) is 7.86. The summed E-state index contributed by atoms with van der Waals surface area (Å²) in [6.07, 6.45) is 7.05. The molecule has 1 saturated heterocycles. The molecule has 1 saturated carbocycles. The molecule has 0 radical (unpaired) electrons. The quantitative estimate of drug-likeness (QED) is 0.580. The highest BCUT2D eigenvalue weighted by Crippen LogP contribution is 2.39. The van der Waals surface area contributed by atoms with Crippen molar-refractivity contribution in [3.63, 3.8) is 0 Å². The topological polar surface area (TPSA) is 131 Å². The largest absolute Gasteiger partial charge is 0.490 e. The molecule has 3 N–H and O–H groups in total. The smallest absolute Gasteiger partial charge is 0.320 e. The van der Waals surface area contributed by atoms with Gasteiger partial charge in [0.15, 0.2) is 0 Å². The SMILES string of the molecule is O=C(O)[C@@H]1C[C@@H]2CC(Oc3cc(-n4cccn4)ccc3-c3nn[nH]n3)CCC2CN1. The fourth-order valence-corrected chi connectivity index (χ4v) is 4.63. The Morgan fingerprint density at radius 3 is 2.93 bits per heavy atom. The maximum absolute atomic E-state index is 11.4. The summed E-state index contributed by atoms with van der Waals surface area (Å²) in [5.41, 5.74) is 1.64. The minimum atomic E-state index is -0.775. The highest BCUT2D eigenvalue weighted by molar-refractivity contribution is 5.73. The molecule has 4 atom stereocenters. The number of hydrogen-bond donors (Lipinski definition) is 3. The number of nitrogens with one attached hydrogen (secondary N) is 2. The molecule has 3 aromatic rings. The number of ether oxygens (including phenoxy) is 1. The zero-order valence-corrected chi connectivity index (χ0v) is 16.3. The zero-order valence-electron chi connectivity index (χ0n) is 16.3. The molecule has 1 aliphatic carbocycles. The highest BCUT2D eigenvalue weighted by atomic mass is 16.5. The van der Waals surface area contributed by atoms with E-state index in [1.807, 2.05) is 30.5 Å². The molecule has 1 aromatic carbocycles. The Labute approximate surface area is 172 Å². The molecule has 2 aliphatic rings. The lowest BCUT2D eigenvalue weighted by Gasteiger charge is -2.41. The molecule has 2 fully saturated rings. The van der Waals surface area contributed by atoms with Gasteiger partial charge in [-0.05, 0) is 67.5 Å². The Kier molecular flexibility index (Phi) is 4.91. The van der Waals surface area contributed by atoms with Gasteiger partial charge in [-0.2, -0.15) is 10.3 Å². The first kappa shape index (κ1) is 18.7. The number of H-pyrrole nitrogens is 1. The van der Waals surface area contributed by atoms with E-state index in [9.17, 15) is 9.90 Å². The number of piperidine rings is 1. The Balaban J connectivity index is 1.39. The van der Waals surface area contributed by atoms with Crippen molar-refractivity contribution >= 4 is 5.97 Å². The molecule has 10 nitrogen and oxygen atoms in total. The van der Waals surface area contributed by atoms with Crippen molar-refractivity contribution in [1.29, 1.82) is 0 Å². The minimum Gasteiger partial charge on any atom is -0.490 e. The van der Waals surface area contributed by atoms with Crippen LogP contribution in [0, 0.1) is 11.8 Å². The lowest BCUT2D eigenvalue weighted by molar-refractivity contribution is -0.141. The summed E-state index contributed by atoms with van der Waals surface area (Å²) in [5.74, 6) is 1.22. The van der Waals surface area contributed by atoms with Crippen LogP contribution in [0.5, 0.6) is 5.75 Å². The van der Waals surface area contributed by atoms with Crippen LogP contribution in [-0.2, 0) is 4.79 Å². The van der Waals surface area contributed by atoms with Crippen molar-refractivity contribution in [3.05, 3.63) is 36.7 Å². The number of carbonyl (C=O) groups is 1. The van der Waals surface area contributed by atoms with Gasteiger partial charge in [0.25, 0.3) is 0 Å². The Hall–Kier alpha value is -3.27. The number of carboxylic acids is 1. The zero-order chi connectivity index (χ0) is 20.5. The van der Waals surface area contributed by atoms with E-state index in [1.165, 1.54) is 0 Å². The standard InChI is InChI=1S/C20H23N7O3/c28-20(29)17-9-13-8-15(4-2-12(13)11-21-17)30-18-10-14(27-7-1-6-22-27)3-5-16(18)19-23-25-26-24-19/h1,3,5-7,10,12-13,15,17,21H,2,4,8-9,11H2,(H,28,29)(H,23,24,25,26)/t12?,13-,15?,17-/m0/s1. The van der Waals surface area contributed by atoms with Crippen molar-refractivity contribution in [2.24, 2.45) is 11.8 Å². The molecule has 5 rings (SSSR count). The second-order valence-electron chi connectivity index (χ2n) is 7.97. The maximum atomic E-state index is 11.4. The summed E-state index contributed by atoms with van der Waals surface area (Å²) < 4.78 is 8.23. The van der Waals surface area contributed by atoms with Gasteiger partial charge in [0, 0.05) is 18.5 Å². The molecule has 156 valence electrons. The average Bonchev–Trinajstić information content (AvgIpc) is 3.47. The molecular weight excluding hydrogens is 386 g/mol. The van der Waals surface area contributed by atoms with Crippen LogP contribution in [0.3, 0.4) is 0 Å². The number of aromatic nitrogens is 6. The number of nitrogens with zero attached hydrogens (tertiary/aromatic N) is 5. The van der Waals surface area contributed by atoms with E-state index in [1.54, 1.807) is 10.9 Å². The third-order valence-electron chi connectivity index (χ3n) is 6.17. The number of benzene rings is 1. The summed E-state index contributed by atoms with van der Waals surface area (Å²) in [5, 5.41) is 31.2. The predicted molar refractivity (Wildman–Crippen MR) is 106 cm³/mol. The minimum absolute atomic E-state index is 0.0114. The molecule has 0 bridgehead atoms. The van der Waals surface area contributed by atoms with Gasteiger partial charge in [0.2, 0.25) is 5.82 Å².